The predicted molar refractivity (Wildman–Crippen MR) is 89.3 cm³/mol. The van der Waals surface area contributed by atoms with Crippen molar-refractivity contribution in [3.63, 3.8) is 0 Å². The molecule has 0 saturated carbocycles. The summed E-state index contributed by atoms with van der Waals surface area (Å²) in [5.74, 6) is 1.27. The summed E-state index contributed by atoms with van der Waals surface area (Å²) in [6.07, 6.45) is 1.64. The van der Waals surface area contributed by atoms with Gasteiger partial charge in [0.25, 0.3) is 0 Å². The summed E-state index contributed by atoms with van der Waals surface area (Å²) in [7, 11) is 0. The van der Waals surface area contributed by atoms with Gasteiger partial charge in [-0.15, -0.1) is 5.10 Å². The molecule has 0 aliphatic carbocycles. The second-order valence-electron chi connectivity index (χ2n) is 5.39. The molecule has 7 heteroatoms. The zero-order chi connectivity index (χ0) is 15.7. The van der Waals surface area contributed by atoms with E-state index in [0.717, 1.165) is 45.2 Å². The third-order valence-corrected chi connectivity index (χ3v) is 3.69. The van der Waals surface area contributed by atoms with E-state index in [0.29, 0.717) is 12.5 Å². The molecular weight excluding hydrogens is 292 g/mol. The molecule has 0 radical (unpaired) electrons. The summed E-state index contributed by atoms with van der Waals surface area (Å²) in [6.45, 7) is 6.07. The van der Waals surface area contributed by atoms with Gasteiger partial charge in [0.1, 0.15) is 0 Å². The minimum absolute atomic E-state index is 0.552. The summed E-state index contributed by atoms with van der Waals surface area (Å²) in [5, 5.41) is 14.5. The van der Waals surface area contributed by atoms with Crippen molar-refractivity contribution in [2.75, 3.05) is 50.0 Å². The fourth-order valence-corrected chi connectivity index (χ4v) is 2.40. The molecule has 2 N–H and O–H groups in total. The van der Waals surface area contributed by atoms with Gasteiger partial charge in [0.15, 0.2) is 5.82 Å². The van der Waals surface area contributed by atoms with Crippen LogP contribution in [-0.2, 0) is 11.3 Å². The molecule has 1 saturated heterocycles. The zero-order valence-corrected chi connectivity index (χ0v) is 13.1. The standard InChI is InChI=1S/C16H22N6O/c1-2-4-14(5-3-1)12-18-15-13-19-21-16(20-15)17-6-7-22-8-10-23-11-9-22/h1-5,13H,6-12H2,(H2,17,18,20,21). The number of morpholine rings is 1. The largest absolute Gasteiger partial charge is 0.379 e. The highest BCUT2D eigenvalue weighted by Crippen LogP contribution is 2.06. The van der Waals surface area contributed by atoms with Crippen LogP contribution in [-0.4, -0.2) is 59.5 Å². The fraction of sp³-hybridized carbons (Fsp3) is 0.438. The number of rotatable bonds is 7. The van der Waals surface area contributed by atoms with Gasteiger partial charge < -0.3 is 15.4 Å². The highest BCUT2D eigenvalue weighted by atomic mass is 16.5. The maximum Gasteiger partial charge on any atom is 0.244 e. The van der Waals surface area contributed by atoms with Gasteiger partial charge in [-0.05, 0) is 5.56 Å². The van der Waals surface area contributed by atoms with E-state index in [2.05, 4.69) is 42.8 Å². The van der Waals surface area contributed by atoms with Crippen LogP contribution in [0.25, 0.3) is 0 Å². The van der Waals surface area contributed by atoms with Gasteiger partial charge in [0, 0.05) is 32.7 Å². The second-order valence-corrected chi connectivity index (χ2v) is 5.39. The van der Waals surface area contributed by atoms with Crippen molar-refractivity contribution in [1.82, 2.24) is 20.1 Å². The van der Waals surface area contributed by atoms with Crippen molar-refractivity contribution in [3.8, 4) is 0 Å². The predicted octanol–water partition coefficient (Wildman–Crippen LogP) is 1.23. The Morgan fingerprint density at radius 1 is 1.09 bits per heavy atom. The first-order valence-electron chi connectivity index (χ1n) is 7.92. The van der Waals surface area contributed by atoms with E-state index >= 15 is 0 Å². The third kappa shape index (κ3) is 5.15. The average Bonchev–Trinajstić information content (AvgIpc) is 2.62. The Labute approximate surface area is 136 Å². The van der Waals surface area contributed by atoms with Crippen molar-refractivity contribution >= 4 is 11.8 Å². The van der Waals surface area contributed by atoms with Crippen LogP contribution < -0.4 is 10.6 Å². The Bertz CT molecular complexity index is 588. The molecule has 2 aromatic rings. The van der Waals surface area contributed by atoms with Crippen molar-refractivity contribution in [1.29, 1.82) is 0 Å². The number of benzene rings is 1. The first-order valence-corrected chi connectivity index (χ1v) is 7.92. The van der Waals surface area contributed by atoms with Crippen LogP contribution in [0, 0.1) is 0 Å². The van der Waals surface area contributed by atoms with Crippen LogP contribution in [0.4, 0.5) is 11.8 Å². The molecule has 0 amide bonds. The van der Waals surface area contributed by atoms with Crippen molar-refractivity contribution in [2.45, 2.75) is 6.54 Å². The normalized spacial score (nSPS) is 15.3. The summed E-state index contributed by atoms with van der Waals surface area (Å²) < 4.78 is 5.34. The minimum Gasteiger partial charge on any atom is -0.379 e. The topological polar surface area (TPSA) is 75.2 Å². The van der Waals surface area contributed by atoms with Gasteiger partial charge in [-0.3, -0.25) is 4.90 Å². The highest BCUT2D eigenvalue weighted by Gasteiger charge is 2.09. The van der Waals surface area contributed by atoms with Gasteiger partial charge in [-0.25, -0.2) is 0 Å². The zero-order valence-electron chi connectivity index (χ0n) is 13.1. The number of nitrogens with one attached hydrogen (secondary N) is 2. The highest BCUT2D eigenvalue weighted by molar-refractivity contribution is 5.37. The van der Waals surface area contributed by atoms with Crippen LogP contribution in [0.15, 0.2) is 36.5 Å². The molecule has 23 heavy (non-hydrogen) atoms. The molecule has 0 bridgehead atoms. The average molecular weight is 314 g/mol. The van der Waals surface area contributed by atoms with Gasteiger partial charge in [-0.2, -0.15) is 10.1 Å². The van der Waals surface area contributed by atoms with Crippen LogP contribution in [0.3, 0.4) is 0 Å². The first kappa shape index (κ1) is 15.6. The minimum atomic E-state index is 0.552. The number of nitrogens with zero attached hydrogens (tertiary/aromatic N) is 4. The van der Waals surface area contributed by atoms with E-state index in [-0.39, 0.29) is 0 Å². The number of ether oxygens (including phenoxy) is 1. The van der Waals surface area contributed by atoms with E-state index < -0.39 is 0 Å². The van der Waals surface area contributed by atoms with E-state index in [1.54, 1.807) is 6.20 Å². The van der Waals surface area contributed by atoms with Crippen LogP contribution >= 0.6 is 0 Å². The van der Waals surface area contributed by atoms with Crippen molar-refractivity contribution in [2.24, 2.45) is 0 Å². The Balaban J connectivity index is 1.45. The van der Waals surface area contributed by atoms with Gasteiger partial charge >= 0.3 is 0 Å². The molecule has 0 atom stereocenters. The lowest BCUT2D eigenvalue weighted by atomic mass is 10.2. The molecule has 0 spiro atoms. The lowest BCUT2D eigenvalue weighted by Crippen LogP contribution is -2.39. The van der Waals surface area contributed by atoms with Crippen LogP contribution in [0.5, 0.6) is 0 Å². The summed E-state index contributed by atoms with van der Waals surface area (Å²) >= 11 is 0. The Morgan fingerprint density at radius 2 is 1.91 bits per heavy atom. The molecule has 1 aromatic carbocycles. The SMILES string of the molecule is c1ccc(CNc2cnnc(NCCN3CCOCC3)n2)cc1. The van der Waals surface area contributed by atoms with E-state index in [1.165, 1.54) is 5.56 Å². The Hall–Kier alpha value is -2.25. The quantitative estimate of drug-likeness (QED) is 0.796. The van der Waals surface area contributed by atoms with Crippen molar-refractivity contribution in [3.05, 3.63) is 42.1 Å². The van der Waals surface area contributed by atoms with Crippen LogP contribution in [0.1, 0.15) is 5.56 Å². The molecule has 3 rings (SSSR count). The van der Waals surface area contributed by atoms with E-state index in [9.17, 15) is 0 Å². The number of aromatic nitrogens is 3. The monoisotopic (exact) mass is 314 g/mol. The molecule has 2 heterocycles. The maximum atomic E-state index is 5.34. The van der Waals surface area contributed by atoms with Crippen LogP contribution in [0.2, 0.25) is 0 Å². The summed E-state index contributed by atoms with van der Waals surface area (Å²) in [5.41, 5.74) is 1.20. The Morgan fingerprint density at radius 3 is 2.74 bits per heavy atom. The second kappa shape index (κ2) is 8.40. The molecular formula is C16H22N6O. The summed E-state index contributed by atoms with van der Waals surface area (Å²) in [4.78, 5) is 6.79. The lowest BCUT2D eigenvalue weighted by Gasteiger charge is -2.26. The molecule has 7 nitrogen and oxygen atoms in total. The van der Waals surface area contributed by atoms with Gasteiger partial charge in [0.2, 0.25) is 5.95 Å². The van der Waals surface area contributed by atoms with E-state index in [4.69, 9.17) is 4.74 Å². The van der Waals surface area contributed by atoms with Gasteiger partial charge in [0.05, 0.1) is 19.4 Å². The number of anilines is 2. The summed E-state index contributed by atoms with van der Waals surface area (Å²) in [6, 6.07) is 10.2. The first-order chi connectivity index (χ1) is 11.4. The lowest BCUT2D eigenvalue weighted by molar-refractivity contribution is 0.0398. The molecule has 1 aromatic heterocycles. The molecule has 1 aliphatic heterocycles. The number of hydrogen-bond donors (Lipinski definition) is 2. The fourth-order valence-electron chi connectivity index (χ4n) is 2.40. The van der Waals surface area contributed by atoms with Gasteiger partial charge in [-0.1, -0.05) is 30.3 Å². The Kier molecular flexibility index (Phi) is 5.71. The van der Waals surface area contributed by atoms with Crippen molar-refractivity contribution < 1.29 is 4.74 Å². The smallest absolute Gasteiger partial charge is 0.244 e. The van der Waals surface area contributed by atoms with E-state index in [1.807, 2.05) is 18.2 Å². The molecule has 0 unspecified atom stereocenters. The number of hydrogen-bond acceptors (Lipinski definition) is 7. The maximum absolute atomic E-state index is 5.34. The molecule has 1 fully saturated rings. The molecule has 1 aliphatic rings. The molecule has 122 valence electrons. The third-order valence-electron chi connectivity index (χ3n) is 3.69.